The van der Waals surface area contributed by atoms with Crippen LogP contribution in [0.3, 0.4) is 0 Å². The van der Waals surface area contributed by atoms with E-state index < -0.39 is 0 Å². The molecule has 0 saturated carbocycles. The minimum atomic E-state index is 0.145. The molecule has 0 aromatic heterocycles. The van der Waals surface area contributed by atoms with Crippen molar-refractivity contribution in [2.75, 3.05) is 11.5 Å². The van der Waals surface area contributed by atoms with Gasteiger partial charge in [0.1, 0.15) is 5.75 Å². The van der Waals surface area contributed by atoms with Crippen molar-refractivity contribution in [3.63, 3.8) is 0 Å². The van der Waals surface area contributed by atoms with E-state index in [2.05, 4.69) is 32.2 Å². The number of nitrogens with one attached hydrogen (secondary N) is 1. The van der Waals surface area contributed by atoms with Crippen molar-refractivity contribution in [2.45, 2.75) is 32.9 Å². The number of hydrogen-bond acceptors (Lipinski definition) is 3. The van der Waals surface area contributed by atoms with E-state index in [1.165, 1.54) is 0 Å². The van der Waals surface area contributed by atoms with Crippen molar-refractivity contribution in [1.29, 1.82) is 0 Å². The lowest BCUT2D eigenvalue weighted by molar-refractivity contribution is 0.448. The molecule has 2 aromatic rings. The molecule has 2 aromatic carbocycles. The molecule has 0 bridgehead atoms. The number of aromatic hydroxyl groups is 1. The van der Waals surface area contributed by atoms with E-state index in [1.807, 2.05) is 42.1 Å². The van der Waals surface area contributed by atoms with E-state index in [4.69, 9.17) is 0 Å². The summed E-state index contributed by atoms with van der Waals surface area (Å²) < 4.78 is 0. The molecule has 0 aliphatic carbocycles. The Hall–Kier alpha value is -1.19. The summed E-state index contributed by atoms with van der Waals surface area (Å²) in [6, 6.07) is 12.6. The molecule has 2 N–H and O–H groups in total. The van der Waals surface area contributed by atoms with Gasteiger partial charge in [-0.2, -0.15) is 11.8 Å². The molecule has 2 atom stereocenters. The number of rotatable bonds is 6. The number of phenolic OH excluding ortho intramolecular Hbond substituents is 1. The van der Waals surface area contributed by atoms with Crippen molar-refractivity contribution in [3.8, 4) is 5.75 Å². The zero-order chi connectivity index (χ0) is 14.5. The van der Waals surface area contributed by atoms with Gasteiger partial charge in [0.05, 0.1) is 0 Å². The highest BCUT2D eigenvalue weighted by molar-refractivity contribution is 7.99. The summed E-state index contributed by atoms with van der Waals surface area (Å²) in [4.78, 5) is 0. The number of hydrogen-bond donors (Lipinski definition) is 2. The molecular weight excluding hydrogens is 266 g/mol. The first-order valence-electron chi connectivity index (χ1n) is 7.18. The lowest BCUT2D eigenvalue weighted by Gasteiger charge is -2.21. The molecule has 0 heterocycles. The van der Waals surface area contributed by atoms with E-state index in [0.717, 1.165) is 27.8 Å². The van der Waals surface area contributed by atoms with Gasteiger partial charge in [0.25, 0.3) is 0 Å². The zero-order valence-electron chi connectivity index (χ0n) is 12.4. The molecule has 20 heavy (non-hydrogen) atoms. The quantitative estimate of drug-likeness (QED) is 0.830. The number of fused-ring (bicyclic) bond motifs is 1. The predicted molar refractivity (Wildman–Crippen MR) is 89.6 cm³/mol. The van der Waals surface area contributed by atoms with Crippen LogP contribution in [0, 0.1) is 0 Å². The van der Waals surface area contributed by atoms with Crippen molar-refractivity contribution in [3.05, 3.63) is 42.0 Å². The van der Waals surface area contributed by atoms with Crippen LogP contribution in [0.1, 0.15) is 32.4 Å². The highest BCUT2D eigenvalue weighted by Gasteiger charge is 2.14. The Morgan fingerprint density at radius 1 is 1.15 bits per heavy atom. The molecule has 108 valence electrons. The van der Waals surface area contributed by atoms with Gasteiger partial charge in [-0.15, -0.1) is 0 Å². The normalized spacial score (nSPS) is 14.3. The van der Waals surface area contributed by atoms with Crippen molar-refractivity contribution in [1.82, 2.24) is 5.32 Å². The number of benzene rings is 2. The minimum Gasteiger partial charge on any atom is -0.507 e. The standard InChI is InChI=1S/C17H23NOS/c1-4-20-11-12(2)18-13(3)15-10-9-14-7-5-6-8-16(14)17(15)19/h5-10,12-13,18-19H,4,11H2,1-3H3. The minimum absolute atomic E-state index is 0.145. The van der Waals surface area contributed by atoms with Crippen LogP contribution in [-0.4, -0.2) is 22.7 Å². The highest BCUT2D eigenvalue weighted by atomic mass is 32.2. The fraction of sp³-hybridized carbons (Fsp3) is 0.412. The SMILES string of the molecule is CCSCC(C)NC(C)c1ccc2ccccc2c1O. The summed E-state index contributed by atoms with van der Waals surface area (Å²) in [5.74, 6) is 2.63. The average molecular weight is 289 g/mol. The van der Waals surface area contributed by atoms with E-state index in [1.54, 1.807) is 0 Å². The topological polar surface area (TPSA) is 32.3 Å². The third-order valence-electron chi connectivity index (χ3n) is 3.50. The van der Waals surface area contributed by atoms with Gasteiger partial charge < -0.3 is 10.4 Å². The third kappa shape index (κ3) is 3.47. The zero-order valence-corrected chi connectivity index (χ0v) is 13.2. The Bertz CT molecular complexity index is 570. The monoisotopic (exact) mass is 289 g/mol. The van der Waals surface area contributed by atoms with Gasteiger partial charge in [-0.3, -0.25) is 0 Å². The lowest BCUT2D eigenvalue weighted by Crippen LogP contribution is -2.31. The van der Waals surface area contributed by atoms with Crippen LogP contribution in [0.15, 0.2) is 36.4 Å². The van der Waals surface area contributed by atoms with E-state index in [-0.39, 0.29) is 6.04 Å². The largest absolute Gasteiger partial charge is 0.507 e. The van der Waals surface area contributed by atoms with Gasteiger partial charge in [0.2, 0.25) is 0 Å². The molecule has 2 rings (SSSR count). The van der Waals surface area contributed by atoms with Gasteiger partial charge in [-0.1, -0.05) is 43.3 Å². The van der Waals surface area contributed by atoms with Crippen LogP contribution >= 0.6 is 11.8 Å². The third-order valence-corrected chi connectivity index (χ3v) is 4.65. The van der Waals surface area contributed by atoms with Gasteiger partial charge in [0.15, 0.2) is 0 Å². The van der Waals surface area contributed by atoms with Crippen LogP contribution in [0.25, 0.3) is 10.8 Å². The second kappa shape index (κ2) is 7.00. The molecular formula is C17H23NOS. The van der Waals surface area contributed by atoms with Crippen molar-refractivity contribution in [2.24, 2.45) is 0 Å². The van der Waals surface area contributed by atoms with E-state index >= 15 is 0 Å². The molecule has 2 nitrogen and oxygen atoms in total. The summed E-state index contributed by atoms with van der Waals surface area (Å²) in [7, 11) is 0. The predicted octanol–water partition coefficient (Wildman–Crippen LogP) is 4.34. The highest BCUT2D eigenvalue weighted by Crippen LogP contribution is 2.32. The van der Waals surface area contributed by atoms with E-state index in [0.29, 0.717) is 11.8 Å². The fourth-order valence-corrected chi connectivity index (χ4v) is 3.17. The number of phenols is 1. The lowest BCUT2D eigenvalue weighted by atomic mass is 10.0. The first-order chi connectivity index (χ1) is 9.63. The number of thioether (sulfide) groups is 1. The molecule has 0 aliphatic rings. The summed E-state index contributed by atoms with van der Waals surface area (Å²) in [6.07, 6.45) is 0. The summed E-state index contributed by atoms with van der Waals surface area (Å²) in [5.41, 5.74) is 0.969. The first kappa shape index (κ1) is 15.2. The average Bonchev–Trinajstić information content (AvgIpc) is 2.45. The summed E-state index contributed by atoms with van der Waals surface area (Å²) >= 11 is 1.94. The molecule has 0 radical (unpaired) electrons. The molecule has 0 fully saturated rings. The van der Waals surface area contributed by atoms with Crippen molar-refractivity contribution < 1.29 is 5.11 Å². The maximum absolute atomic E-state index is 10.5. The maximum atomic E-state index is 10.5. The second-order valence-corrected chi connectivity index (χ2v) is 6.49. The van der Waals surface area contributed by atoms with Crippen LogP contribution < -0.4 is 5.32 Å². The van der Waals surface area contributed by atoms with Gasteiger partial charge in [-0.05, 0) is 25.0 Å². The smallest absolute Gasteiger partial charge is 0.128 e. The van der Waals surface area contributed by atoms with Gasteiger partial charge in [0, 0.05) is 28.8 Å². The second-order valence-electron chi connectivity index (χ2n) is 5.17. The molecule has 0 aliphatic heterocycles. The molecule has 0 spiro atoms. The fourth-order valence-electron chi connectivity index (χ4n) is 2.48. The van der Waals surface area contributed by atoms with Crippen LogP contribution in [0.2, 0.25) is 0 Å². The Morgan fingerprint density at radius 2 is 1.90 bits per heavy atom. The molecule has 3 heteroatoms. The van der Waals surface area contributed by atoms with Gasteiger partial charge in [-0.25, -0.2) is 0 Å². The first-order valence-corrected chi connectivity index (χ1v) is 8.33. The molecule has 0 saturated heterocycles. The van der Waals surface area contributed by atoms with Crippen LogP contribution in [-0.2, 0) is 0 Å². The van der Waals surface area contributed by atoms with Crippen LogP contribution in [0.5, 0.6) is 5.75 Å². The Labute approximate surface area is 125 Å². The Balaban J connectivity index is 2.17. The molecule has 0 amide bonds. The Kier molecular flexibility index (Phi) is 5.32. The molecule has 2 unspecified atom stereocenters. The summed E-state index contributed by atoms with van der Waals surface area (Å²) in [5, 5.41) is 16.0. The van der Waals surface area contributed by atoms with Gasteiger partial charge >= 0.3 is 0 Å². The van der Waals surface area contributed by atoms with Crippen molar-refractivity contribution >= 4 is 22.5 Å². The maximum Gasteiger partial charge on any atom is 0.128 e. The summed E-state index contributed by atoms with van der Waals surface area (Å²) in [6.45, 7) is 6.48. The van der Waals surface area contributed by atoms with Crippen LogP contribution in [0.4, 0.5) is 0 Å². The van der Waals surface area contributed by atoms with E-state index in [9.17, 15) is 5.11 Å². The Morgan fingerprint density at radius 3 is 2.65 bits per heavy atom.